The zero-order valence-corrected chi connectivity index (χ0v) is 7.46. The molecule has 0 nitrogen and oxygen atoms in total. The molecule has 55 valence electrons. The van der Waals surface area contributed by atoms with E-state index in [1.165, 1.54) is 21.6 Å². The molecule has 1 heterocycles. The third kappa shape index (κ3) is 0.962. The molecule has 1 aliphatic heterocycles. The molecule has 11 heavy (non-hydrogen) atoms. The topological polar surface area (TPSA) is 0 Å². The quantitative estimate of drug-likeness (QED) is 0.556. The maximum Gasteiger partial charge on any atom is 0.0449 e. The Morgan fingerprint density at radius 1 is 1.36 bits per heavy atom. The minimum absolute atomic E-state index is 1.35. The van der Waals surface area contributed by atoms with Crippen LogP contribution in [0.4, 0.5) is 0 Å². The molecule has 0 aromatic heterocycles. The van der Waals surface area contributed by atoms with Crippen molar-refractivity contribution >= 4 is 11.3 Å². The Morgan fingerprint density at radius 2 is 2.18 bits per heavy atom. The van der Waals surface area contributed by atoms with Gasteiger partial charge in [-0.25, -0.2) is 0 Å². The van der Waals surface area contributed by atoms with Crippen LogP contribution in [0.2, 0.25) is 0 Å². The Bertz CT molecular complexity index is 343. The second-order valence-electron chi connectivity index (χ2n) is 2.79. The van der Waals surface area contributed by atoms with Gasteiger partial charge in [-0.15, -0.1) is 11.3 Å². The molecule has 0 aromatic rings. The molecule has 2 aliphatic rings. The van der Waals surface area contributed by atoms with E-state index in [9.17, 15) is 0 Å². The molecular weight excluding hydrogens is 152 g/mol. The van der Waals surface area contributed by atoms with Crippen molar-refractivity contribution in [3.8, 4) is 10.4 Å². The first kappa shape index (κ1) is 6.86. The molecule has 1 aliphatic carbocycles. The van der Waals surface area contributed by atoms with E-state index in [-0.39, 0.29) is 0 Å². The van der Waals surface area contributed by atoms with E-state index in [2.05, 4.69) is 31.4 Å². The molecular formula is C10H9S. The van der Waals surface area contributed by atoms with E-state index in [1.807, 2.05) is 6.07 Å². The molecule has 2 rings (SSSR count). The summed E-state index contributed by atoms with van der Waals surface area (Å²) in [5.41, 5.74) is 4.14. The average molecular weight is 161 g/mol. The largest absolute Gasteiger partial charge is 0.134 e. The lowest BCUT2D eigenvalue weighted by atomic mass is 10.2. The first-order valence-electron chi connectivity index (χ1n) is 3.65. The monoisotopic (exact) mass is 161 g/mol. The van der Waals surface area contributed by atoms with Gasteiger partial charge in [-0.05, 0) is 36.6 Å². The summed E-state index contributed by atoms with van der Waals surface area (Å²) in [5.74, 6) is 0. The normalized spacial score (nSPS) is 10.7. The summed E-state index contributed by atoms with van der Waals surface area (Å²) >= 11 is 1.70. The second-order valence-corrected chi connectivity index (χ2v) is 3.64. The van der Waals surface area contributed by atoms with Crippen molar-refractivity contribution in [2.75, 3.05) is 0 Å². The standard InChI is InChI=1S/C10H9S/c1-7-6-9-4-3-5-11-10(9)8(7)2/h3-4,6H,1-2H3. The van der Waals surface area contributed by atoms with Crippen molar-refractivity contribution in [3.05, 3.63) is 34.7 Å². The molecule has 0 unspecified atom stereocenters. The Labute approximate surface area is 70.8 Å². The number of fused-ring (bicyclic) bond motifs is 1. The maximum absolute atomic E-state index is 3.13. The van der Waals surface area contributed by atoms with Crippen LogP contribution in [0.25, 0.3) is 10.4 Å². The summed E-state index contributed by atoms with van der Waals surface area (Å²) in [7, 11) is 0. The van der Waals surface area contributed by atoms with E-state index >= 15 is 0 Å². The van der Waals surface area contributed by atoms with Crippen molar-refractivity contribution in [3.63, 3.8) is 0 Å². The minimum atomic E-state index is 1.35. The van der Waals surface area contributed by atoms with Gasteiger partial charge in [-0.1, -0.05) is 12.1 Å². The van der Waals surface area contributed by atoms with Crippen LogP contribution in [0.1, 0.15) is 11.1 Å². The Kier molecular flexibility index (Phi) is 1.46. The highest BCUT2D eigenvalue weighted by atomic mass is 32.1. The van der Waals surface area contributed by atoms with Crippen LogP contribution in [-0.4, -0.2) is 0 Å². The van der Waals surface area contributed by atoms with E-state index < -0.39 is 0 Å². The molecule has 0 aromatic carbocycles. The van der Waals surface area contributed by atoms with Crippen LogP contribution >= 0.6 is 11.3 Å². The summed E-state index contributed by atoms with van der Waals surface area (Å²) in [5, 5.41) is 3.13. The number of rotatable bonds is 0. The van der Waals surface area contributed by atoms with Gasteiger partial charge in [0.05, 0.1) is 0 Å². The summed E-state index contributed by atoms with van der Waals surface area (Å²) < 4.78 is 0. The van der Waals surface area contributed by atoms with Crippen molar-refractivity contribution < 1.29 is 0 Å². The van der Waals surface area contributed by atoms with Gasteiger partial charge in [0.2, 0.25) is 0 Å². The van der Waals surface area contributed by atoms with E-state index in [4.69, 9.17) is 0 Å². The zero-order valence-electron chi connectivity index (χ0n) is 6.64. The van der Waals surface area contributed by atoms with Crippen LogP contribution in [0.3, 0.4) is 0 Å². The number of hydrogen-bond donors (Lipinski definition) is 0. The fourth-order valence-electron chi connectivity index (χ4n) is 1.28. The highest BCUT2D eigenvalue weighted by Crippen LogP contribution is 2.33. The van der Waals surface area contributed by atoms with Crippen LogP contribution < -0.4 is 0 Å². The van der Waals surface area contributed by atoms with Gasteiger partial charge in [0.15, 0.2) is 0 Å². The first-order valence-corrected chi connectivity index (χ1v) is 4.46. The zero-order chi connectivity index (χ0) is 7.84. The molecule has 1 radical (unpaired) electrons. The van der Waals surface area contributed by atoms with E-state index in [0.717, 1.165) is 0 Å². The molecule has 0 saturated heterocycles. The van der Waals surface area contributed by atoms with Gasteiger partial charge >= 0.3 is 0 Å². The van der Waals surface area contributed by atoms with Crippen LogP contribution in [0.15, 0.2) is 18.2 Å². The molecule has 0 N–H and O–H groups in total. The van der Waals surface area contributed by atoms with Crippen LogP contribution in [0, 0.1) is 19.2 Å². The van der Waals surface area contributed by atoms with Gasteiger partial charge in [0.1, 0.15) is 0 Å². The molecule has 1 heteroatoms. The Hall–Kier alpha value is -0.820. The van der Waals surface area contributed by atoms with E-state index in [0.29, 0.717) is 0 Å². The number of aryl methyl sites for hydroxylation is 1. The van der Waals surface area contributed by atoms with E-state index in [1.54, 1.807) is 11.3 Å². The van der Waals surface area contributed by atoms with Gasteiger partial charge in [-0.3, -0.25) is 0 Å². The number of hydrogen-bond acceptors (Lipinski definition) is 1. The molecule has 0 spiro atoms. The highest BCUT2D eigenvalue weighted by molar-refractivity contribution is 7.13. The third-order valence-corrected chi connectivity index (χ3v) is 3.06. The lowest BCUT2D eigenvalue weighted by Crippen LogP contribution is -1.70. The van der Waals surface area contributed by atoms with Crippen molar-refractivity contribution in [1.29, 1.82) is 0 Å². The molecule has 0 amide bonds. The SMILES string of the molecule is Cc1cc2cc[c]sc-2c1C. The Morgan fingerprint density at radius 3 is 2.91 bits per heavy atom. The van der Waals surface area contributed by atoms with Crippen molar-refractivity contribution in [1.82, 2.24) is 0 Å². The minimum Gasteiger partial charge on any atom is -0.134 e. The van der Waals surface area contributed by atoms with Crippen LogP contribution in [-0.2, 0) is 0 Å². The average Bonchev–Trinajstić information content (AvgIpc) is 2.30. The predicted octanol–water partition coefficient (Wildman–Crippen LogP) is 3.27. The summed E-state index contributed by atoms with van der Waals surface area (Å²) in [6, 6.07) is 6.33. The maximum atomic E-state index is 3.13. The fourth-order valence-corrected chi connectivity index (χ4v) is 2.09. The predicted molar refractivity (Wildman–Crippen MR) is 49.3 cm³/mol. The van der Waals surface area contributed by atoms with Gasteiger partial charge in [0.25, 0.3) is 0 Å². The lowest BCUT2D eigenvalue weighted by molar-refractivity contribution is 1.42. The van der Waals surface area contributed by atoms with Gasteiger partial charge in [-0.2, -0.15) is 0 Å². The smallest absolute Gasteiger partial charge is 0.0449 e. The molecule has 0 atom stereocenters. The van der Waals surface area contributed by atoms with Crippen molar-refractivity contribution in [2.24, 2.45) is 0 Å². The Balaban J connectivity index is 2.81. The molecule has 0 saturated carbocycles. The third-order valence-electron chi connectivity index (χ3n) is 2.06. The summed E-state index contributed by atoms with van der Waals surface area (Å²) in [4.78, 5) is 1.38. The summed E-state index contributed by atoms with van der Waals surface area (Å²) in [6.45, 7) is 4.32. The summed E-state index contributed by atoms with van der Waals surface area (Å²) in [6.07, 6.45) is 0. The molecule has 0 fully saturated rings. The lowest BCUT2D eigenvalue weighted by Gasteiger charge is -1.95. The molecule has 0 bridgehead atoms. The van der Waals surface area contributed by atoms with Crippen molar-refractivity contribution in [2.45, 2.75) is 13.8 Å². The first-order chi connectivity index (χ1) is 5.29. The van der Waals surface area contributed by atoms with Crippen LogP contribution in [0.5, 0.6) is 0 Å². The fraction of sp³-hybridized carbons (Fsp3) is 0.200. The van der Waals surface area contributed by atoms with Gasteiger partial charge < -0.3 is 0 Å². The highest BCUT2D eigenvalue weighted by Gasteiger charge is 2.08. The second kappa shape index (κ2) is 2.35. The van der Waals surface area contributed by atoms with Gasteiger partial charge in [0, 0.05) is 10.3 Å².